The summed E-state index contributed by atoms with van der Waals surface area (Å²) in [6.07, 6.45) is 5.96. The molecular formula is C10H20O2. The Morgan fingerprint density at radius 3 is 2.42 bits per heavy atom. The Morgan fingerprint density at radius 2 is 1.92 bits per heavy atom. The predicted octanol–water partition coefficient (Wildman–Crippen LogP) is 1.72. The van der Waals surface area contributed by atoms with Crippen LogP contribution >= 0.6 is 0 Å². The van der Waals surface area contributed by atoms with E-state index in [4.69, 9.17) is 5.11 Å². The van der Waals surface area contributed by atoms with Gasteiger partial charge in [0.05, 0.1) is 6.10 Å². The first-order chi connectivity index (χ1) is 5.70. The van der Waals surface area contributed by atoms with E-state index in [1.54, 1.807) is 6.08 Å². The highest BCUT2D eigenvalue weighted by atomic mass is 16.3. The summed E-state index contributed by atoms with van der Waals surface area (Å²) in [4.78, 5) is 0. The Morgan fingerprint density at radius 1 is 1.25 bits per heavy atom. The van der Waals surface area contributed by atoms with Crippen molar-refractivity contribution in [2.75, 3.05) is 6.61 Å². The standard InChI is InChI=1S/C10H20O2/c1-3-4-10(12)6-5-9(2)7-8-11/h3-4,9-12H,5-8H2,1-2H3. The fourth-order valence-electron chi connectivity index (χ4n) is 1.14. The van der Waals surface area contributed by atoms with Crippen LogP contribution in [0.15, 0.2) is 12.2 Å². The second-order valence-corrected chi connectivity index (χ2v) is 3.29. The van der Waals surface area contributed by atoms with E-state index in [0.717, 1.165) is 19.3 Å². The molecule has 0 aliphatic carbocycles. The average Bonchev–Trinajstić information content (AvgIpc) is 2.02. The highest BCUT2D eigenvalue weighted by Crippen LogP contribution is 2.11. The molecule has 0 bridgehead atoms. The zero-order valence-electron chi connectivity index (χ0n) is 8.03. The minimum atomic E-state index is -0.309. The average molecular weight is 172 g/mol. The summed E-state index contributed by atoms with van der Waals surface area (Å²) in [5.41, 5.74) is 0. The molecule has 2 unspecified atom stereocenters. The normalized spacial score (nSPS) is 16.7. The molecule has 2 nitrogen and oxygen atoms in total. The van der Waals surface area contributed by atoms with Crippen molar-refractivity contribution < 1.29 is 10.2 Å². The SMILES string of the molecule is CC=CC(O)CCC(C)CCO. The van der Waals surface area contributed by atoms with Crippen molar-refractivity contribution in [3.8, 4) is 0 Å². The lowest BCUT2D eigenvalue weighted by Gasteiger charge is -2.10. The number of hydrogen-bond donors (Lipinski definition) is 2. The molecule has 0 rings (SSSR count). The van der Waals surface area contributed by atoms with Crippen molar-refractivity contribution in [3.63, 3.8) is 0 Å². The maximum absolute atomic E-state index is 9.32. The second kappa shape index (κ2) is 7.32. The summed E-state index contributed by atoms with van der Waals surface area (Å²) in [7, 11) is 0. The third-order valence-corrected chi connectivity index (χ3v) is 1.99. The molecule has 0 saturated heterocycles. The fourth-order valence-corrected chi connectivity index (χ4v) is 1.14. The first kappa shape index (κ1) is 11.7. The van der Waals surface area contributed by atoms with Gasteiger partial charge in [-0.05, 0) is 32.1 Å². The van der Waals surface area contributed by atoms with Crippen LogP contribution in [-0.4, -0.2) is 22.9 Å². The Labute approximate surface area is 74.9 Å². The van der Waals surface area contributed by atoms with Gasteiger partial charge in [0, 0.05) is 6.61 Å². The van der Waals surface area contributed by atoms with Gasteiger partial charge in [0.15, 0.2) is 0 Å². The third-order valence-electron chi connectivity index (χ3n) is 1.99. The summed E-state index contributed by atoms with van der Waals surface area (Å²) in [5, 5.41) is 17.9. The molecule has 0 aliphatic heterocycles. The van der Waals surface area contributed by atoms with Gasteiger partial charge in [-0.25, -0.2) is 0 Å². The molecule has 0 aliphatic rings. The number of allylic oxidation sites excluding steroid dienone is 1. The lowest BCUT2D eigenvalue weighted by Crippen LogP contribution is -2.06. The lowest BCUT2D eigenvalue weighted by molar-refractivity contribution is 0.193. The van der Waals surface area contributed by atoms with Gasteiger partial charge in [-0.15, -0.1) is 0 Å². The molecule has 0 aromatic carbocycles. The van der Waals surface area contributed by atoms with Crippen LogP contribution in [0.25, 0.3) is 0 Å². The van der Waals surface area contributed by atoms with E-state index in [0.29, 0.717) is 5.92 Å². The minimum absolute atomic E-state index is 0.251. The number of rotatable bonds is 6. The molecule has 0 aromatic rings. The molecule has 0 fully saturated rings. The van der Waals surface area contributed by atoms with Crippen LogP contribution in [0.5, 0.6) is 0 Å². The molecule has 72 valence electrons. The zero-order chi connectivity index (χ0) is 9.40. The monoisotopic (exact) mass is 172 g/mol. The Kier molecular flexibility index (Phi) is 7.11. The largest absolute Gasteiger partial charge is 0.396 e. The highest BCUT2D eigenvalue weighted by molar-refractivity contribution is 4.85. The molecule has 0 spiro atoms. The van der Waals surface area contributed by atoms with Gasteiger partial charge in [-0.1, -0.05) is 19.1 Å². The van der Waals surface area contributed by atoms with E-state index in [2.05, 4.69) is 6.92 Å². The molecule has 2 atom stereocenters. The van der Waals surface area contributed by atoms with E-state index >= 15 is 0 Å². The van der Waals surface area contributed by atoms with Gasteiger partial charge < -0.3 is 10.2 Å². The first-order valence-electron chi connectivity index (χ1n) is 4.62. The van der Waals surface area contributed by atoms with Crippen LogP contribution in [0.3, 0.4) is 0 Å². The first-order valence-corrected chi connectivity index (χ1v) is 4.62. The summed E-state index contributed by atoms with van der Waals surface area (Å²) < 4.78 is 0. The fraction of sp³-hybridized carbons (Fsp3) is 0.800. The van der Waals surface area contributed by atoms with Crippen molar-refractivity contribution in [2.24, 2.45) is 5.92 Å². The second-order valence-electron chi connectivity index (χ2n) is 3.29. The van der Waals surface area contributed by atoms with Crippen LogP contribution in [0.4, 0.5) is 0 Å². The van der Waals surface area contributed by atoms with Crippen molar-refractivity contribution in [1.82, 2.24) is 0 Å². The molecule has 0 saturated carbocycles. The molecule has 0 radical (unpaired) electrons. The molecule has 2 N–H and O–H groups in total. The maximum Gasteiger partial charge on any atom is 0.0720 e. The van der Waals surface area contributed by atoms with E-state index in [-0.39, 0.29) is 12.7 Å². The molecule has 0 amide bonds. The van der Waals surface area contributed by atoms with Gasteiger partial charge >= 0.3 is 0 Å². The van der Waals surface area contributed by atoms with E-state index in [9.17, 15) is 5.11 Å². The zero-order valence-corrected chi connectivity index (χ0v) is 8.03. The van der Waals surface area contributed by atoms with Gasteiger partial charge in [-0.3, -0.25) is 0 Å². The lowest BCUT2D eigenvalue weighted by atomic mass is 10.00. The minimum Gasteiger partial charge on any atom is -0.396 e. The van der Waals surface area contributed by atoms with Gasteiger partial charge in [0.2, 0.25) is 0 Å². The van der Waals surface area contributed by atoms with Crippen molar-refractivity contribution >= 4 is 0 Å². The van der Waals surface area contributed by atoms with Gasteiger partial charge in [0.1, 0.15) is 0 Å². The number of aliphatic hydroxyl groups is 2. The summed E-state index contributed by atoms with van der Waals surface area (Å²) in [5.74, 6) is 0.509. The van der Waals surface area contributed by atoms with Crippen molar-refractivity contribution in [2.45, 2.75) is 39.2 Å². The summed E-state index contributed by atoms with van der Waals surface area (Å²) >= 11 is 0. The quantitative estimate of drug-likeness (QED) is 0.599. The van der Waals surface area contributed by atoms with Crippen molar-refractivity contribution in [3.05, 3.63) is 12.2 Å². The number of aliphatic hydroxyl groups excluding tert-OH is 2. The van der Waals surface area contributed by atoms with Gasteiger partial charge in [-0.2, -0.15) is 0 Å². The van der Waals surface area contributed by atoms with E-state index in [1.165, 1.54) is 0 Å². The van der Waals surface area contributed by atoms with Crippen LogP contribution in [0, 0.1) is 5.92 Å². The smallest absolute Gasteiger partial charge is 0.0720 e. The maximum atomic E-state index is 9.32. The van der Waals surface area contributed by atoms with Crippen molar-refractivity contribution in [1.29, 1.82) is 0 Å². The summed E-state index contributed by atoms with van der Waals surface area (Å²) in [6, 6.07) is 0. The third kappa shape index (κ3) is 6.38. The van der Waals surface area contributed by atoms with Crippen LogP contribution in [-0.2, 0) is 0 Å². The Hall–Kier alpha value is -0.340. The molecular weight excluding hydrogens is 152 g/mol. The predicted molar refractivity (Wildman–Crippen MR) is 50.9 cm³/mol. The van der Waals surface area contributed by atoms with Crippen LogP contribution < -0.4 is 0 Å². The Bertz CT molecular complexity index is 121. The topological polar surface area (TPSA) is 40.5 Å². The van der Waals surface area contributed by atoms with E-state index < -0.39 is 0 Å². The number of hydrogen-bond acceptors (Lipinski definition) is 2. The molecule has 2 heteroatoms. The summed E-state index contributed by atoms with van der Waals surface area (Å²) in [6.45, 7) is 4.25. The van der Waals surface area contributed by atoms with Gasteiger partial charge in [0.25, 0.3) is 0 Å². The van der Waals surface area contributed by atoms with E-state index in [1.807, 2.05) is 13.0 Å². The highest BCUT2D eigenvalue weighted by Gasteiger charge is 2.04. The molecule has 0 aromatic heterocycles. The van der Waals surface area contributed by atoms with Crippen LogP contribution in [0.1, 0.15) is 33.1 Å². The van der Waals surface area contributed by atoms with Crippen LogP contribution in [0.2, 0.25) is 0 Å². The Balaban J connectivity index is 3.39. The molecule has 0 heterocycles. The molecule has 12 heavy (non-hydrogen) atoms.